The van der Waals surface area contributed by atoms with Crippen LogP contribution in [0.4, 0.5) is 4.79 Å². The molecule has 0 radical (unpaired) electrons. The Bertz CT molecular complexity index is 806. The summed E-state index contributed by atoms with van der Waals surface area (Å²) in [5.41, 5.74) is 4.74. The summed E-state index contributed by atoms with van der Waals surface area (Å²) in [6, 6.07) is 17.3. The Morgan fingerprint density at radius 1 is 1.14 bits per heavy atom. The van der Waals surface area contributed by atoms with Gasteiger partial charge >= 0.3 is 6.03 Å². The summed E-state index contributed by atoms with van der Waals surface area (Å²) < 4.78 is 5.88. The van der Waals surface area contributed by atoms with Gasteiger partial charge in [-0.15, -0.1) is 0 Å². The maximum Gasteiger partial charge on any atom is 0.315 e. The summed E-state index contributed by atoms with van der Waals surface area (Å²) in [6.07, 6.45) is 2.59. The second-order valence-electron chi connectivity index (χ2n) is 7.88. The molecule has 0 saturated carbocycles. The van der Waals surface area contributed by atoms with Crippen molar-refractivity contribution < 1.29 is 9.53 Å². The van der Waals surface area contributed by atoms with Gasteiger partial charge in [0.15, 0.2) is 0 Å². The number of nitrogens with zero attached hydrogens (tertiary/aromatic N) is 1. The first-order chi connectivity index (χ1) is 13.7. The molecule has 2 aliphatic heterocycles. The fourth-order valence-corrected chi connectivity index (χ4v) is 4.10. The molecule has 2 unspecified atom stereocenters. The molecule has 5 heteroatoms. The number of fused-ring (bicyclic) bond motifs is 1. The highest BCUT2D eigenvalue weighted by Gasteiger charge is 2.32. The Hall–Kier alpha value is -2.37. The number of rotatable bonds is 5. The van der Waals surface area contributed by atoms with Crippen molar-refractivity contribution in [1.82, 2.24) is 15.5 Å². The summed E-state index contributed by atoms with van der Waals surface area (Å²) in [5, 5.41) is 5.88. The molecule has 0 aliphatic carbocycles. The zero-order valence-electron chi connectivity index (χ0n) is 16.5. The third kappa shape index (κ3) is 4.72. The standard InChI is InChI=1S/C23H29N3O2/c1-17-4-2-5-20(12-17)19-9-7-18(8-10-19)13-24-23(27)25-14-22-15-26-11-3-6-21(26)16-28-22/h2,4-5,7-10,12,21-22H,3,6,11,13-16H2,1H3,(H2,24,25,27). The molecule has 0 bridgehead atoms. The predicted molar refractivity (Wildman–Crippen MR) is 111 cm³/mol. The molecule has 2 N–H and O–H groups in total. The minimum absolute atomic E-state index is 0.0914. The molecule has 28 heavy (non-hydrogen) atoms. The third-order valence-corrected chi connectivity index (χ3v) is 5.71. The number of nitrogens with one attached hydrogen (secondary N) is 2. The lowest BCUT2D eigenvalue weighted by molar-refractivity contribution is -0.0457. The molecule has 5 nitrogen and oxygen atoms in total. The molecule has 2 heterocycles. The molecule has 2 aromatic rings. The van der Waals surface area contributed by atoms with E-state index in [4.69, 9.17) is 4.74 Å². The highest BCUT2D eigenvalue weighted by Crippen LogP contribution is 2.22. The number of carbonyl (C=O) groups is 1. The zero-order valence-corrected chi connectivity index (χ0v) is 16.5. The Labute approximate surface area is 167 Å². The van der Waals surface area contributed by atoms with E-state index in [-0.39, 0.29) is 12.1 Å². The summed E-state index contributed by atoms with van der Waals surface area (Å²) >= 11 is 0. The predicted octanol–water partition coefficient (Wildman–Crippen LogP) is 3.32. The van der Waals surface area contributed by atoms with Gasteiger partial charge < -0.3 is 15.4 Å². The first kappa shape index (κ1) is 19.0. The molecule has 2 saturated heterocycles. The van der Waals surface area contributed by atoms with Crippen molar-refractivity contribution >= 4 is 6.03 Å². The first-order valence-corrected chi connectivity index (χ1v) is 10.2. The van der Waals surface area contributed by atoms with E-state index in [0.717, 1.165) is 25.3 Å². The van der Waals surface area contributed by atoms with Crippen molar-refractivity contribution in [2.45, 2.75) is 38.5 Å². The molecule has 0 spiro atoms. The number of carbonyl (C=O) groups excluding carboxylic acids is 1. The maximum atomic E-state index is 12.1. The SMILES string of the molecule is Cc1cccc(-c2ccc(CNC(=O)NCC3CN4CCCC4CO3)cc2)c1. The normalized spacial score (nSPS) is 21.9. The fraction of sp³-hybridized carbons (Fsp3) is 0.435. The Balaban J connectivity index is 1.21. The molecule has 4 rings (SSSR count). The molecule has 2 amide bonds. The van der Waals surface area contributed by atoms with E-state index in [1.165, 1.54) is 29.5 Å². The summed E-state index contributed by atoms with van der Waals surface area (Å²) in [7, 11) is 0. The average molecular weight is 380 g/mol. The van der Waals surface area contributed by atoms with E-state index >= 15 is 0 Å². The minimum Gasteiger partial charge on any atom is -0.373 e. The van der Waals surface area contributed by atoms with Gasteiger partial charge in [0, 0.05) is 25.7 Å². The lowest BCUT2D eigenvalue weighted by Crippen LogP contribution is -2.51. The van der Waals surface area contributed by atoms with E-state index in [1.54, 1.807) is 0 Å². The van der Waals surface area contributed by atoms with E-state index in [9.17, 15) is 4.79 Å². The van der Waals surface area contributed by atoms with E-state index in [1.807, 2.05) is 0 Å². The summed E-state index contributed by atoms with van der Waals surface area (Å²) in [4.78, 5) is 14.6. The highest BCUT2D eigenvalue weighted by atomic mass is 16.5. The van der Waals surface area contributed by atoms with Gasteiger partial charge in [0.2, 0.25) is 0 Å². The van der Waals surface area contributed by atoms with Gasteiger partial charge in [-0.1, -0.05) is 54.1 Å². The fourth-order valence-electron chi connectivity index (χ4n) is 4.10. The van der Waals surface area contributed by atoms with Crippen LogP contribution in [0.15, 0.2) is 48.5 Å². The Morgan fingerprint density at radius 2 is 2.00 bits per heavy atom. The molecule has 2 aromatic carbocycles. The lowest BCUT2D eigenvalue weighted by Gasteiger charge is -2.35. The maximum absolute atomic E-state index is 12.1. The van der Waals surface area contributed by atoms with E-state index in [2.05, 4.69) is 71.0 Å². The van der Waals surface area contributed by atoms with E-state index in [0.29, 0.717) is 19.1 Å². The molecule has 2 aliphatic rings. The highest BCUT2D eigenvalue weighted by molar-refractivity contribution is 5.74. The lowest BCUT2D eigenvalue weighted by atomic mass is 10.0. The van der Waals surface area contributed by atoms with Crippen LogP contribution in [-0.4, -0.2) is 49.3 Å². The van der Waals surface area contributed by atoms with Crippen molar-refractivity contribution in [2.24, 2.45) is 0 Å². The van der Waals surface area contributed by atoms with Crippen molar-refractivity contribution in [2.75, 3.05) is 26.2 Å². The second kappa shape index (κ2) is 8.76. The number of ether oxygens (including phenoxy) is 1. The Morgan fingerprint density at radius 3 is 2.82 bits per heavy atom. The van der Waals surface area contributed by atoms with Crippen molar-refractivity contribution in [1.29, 1.82) is 0 Å². The van der Waals surface area contributed by atoms with Crippen LogP contribution < -0.4 is 10.6 Å². The summed E-state index contributed by atoms with van der Waals surface area (Å²) in [5.74, 6) is 0. The molecule has 148 valence electrons. The van der Waals surface area contributed by atoms with Crippen molar-refractivity contribution in [3.63, 3.8) is 0 Å². The zero-order chi connectivity index (χ0) is 19.3. The smallest absolute Gasteiger partial charge is 0.315 e. The van der Waals surface area contributed by atoms with Crippen LogP contribution >= 0.6 is 0 Å². The molecular formula is C23H29N3O2. The largest absolute Gasteiger partial charge is 0.373 e. The molecular weight excluding hydrogens is 350 g/mol. The molecule has 2 atom stereocenters. The quantitative estimate of drug-likeness (QED) is 0.838. The number of hydrogen-bond donors (Lipinski definition) is 2. The Kier molecular flexibility index (Phi) is 5.93. The number of amides is 2. The first-order valence-electron chi connectivity index (χ1n) is 10.2. The number of hydrogen-bond acceptors (Lipinski definition) is 3. The van der Waals surface area contributed by atoms with Gasteiger partial charge in [0.25, 0.3) is 0 Å². The third-order valence-electron chi connectivity index (χ3n) is 5.71. The van der Waals surface area contributed by atoms with Crippen LogP contribution in [0.5, 0.6) is 0 Å². The summed E-state index contributed by atoms with van der Waals surface area (Å²) in [6.45, 7) is 6.05. The van der Waals surface area contributed by atoms with Crippen molar-refractivity contribution in [3.8, 4) is 11.1 Å². The topological polar surface area (TPSA) is 53.6 Å². The number of morpholine rings is 1. The van der Waals surface area contributed by atoms with Crippen LogP contribution in [0.3, 0.4) is 0 Å². The van der Waals surface area contributed by atoms with Crippen LogP contribution in [0.1, 0.15) is 24.0 Å². The molecule has 2 fully saturated rings. The monoisotopic (exact) mass is 379 g/mol. The van der Waals surface area contributed by atoms with E-state index < -0.39 is 0 Å². The van der Waals surface area contributed by atoms with Gasteiger partial charge in [-0.2, -0.15) is 0 Å². The van der Waals surface area contributed by atoms with Crippen LogP contribution in [-0.2, 0) is 11.3 Å². The van der Waals surface area contributed by atoms with Gasteiger partial charge in [-0.05, 0) is 43.0 Å². The number of urea groups is 1. The van der Waals surface area contributed by atoms with Gasteiger partial charge in [-0.25, -0.2) is 4.79 Å². The number of benzene rings is 2. The van der Waals surface area contributed by atoms with Crippen molar-refractivity contribution in [3.05, 3.63) is 59.7 Å². The van der Waals surface area contributed by atoms with Crippen LogP contribution in [0.25, 0.3) is 11.1 Å². The van der Waals surface area contributed by atoms with Gasteiger partial charge in [0.1, 0.15) is 0 Å². The van der Waals surface area contributed by atoms with Gasteiger partial charge in [-0.3, -0.25) is 4.90 Å². The average Bonchev–Trinajstić information content (AvgIpc) is 3.19. The molecule has 0 aromatic heterocycles. The number of aryl methyl sites for hydroxylation is 1. The second-order valence-corrected chi connectivity index (χ2v) is 7.88. The van der Waals surface area contributed by atoms with Crippen LogP contribution in [0, 0.1) is 6.92 Å². The van der Waals surface area contributed by atoms with Gasteiger partial charge in [0.05, 0.1) is 12.7 Å². The minimum atomic E-state index is -0.144. The van der Waals surface area contributed by atoms with Crippen LogP contribution in [0.2, 0.25) is 0 Å².